The molecule has 0 radical (unpaired) electrons. The van der Waals surface area contributed by atoms with Crippen LogP contribution < -0.4 is 10.1 Å². The summed E-state index contributed by atoms with van der Waals surface area (Å²) in [6.07, 6.45) is -0.455. The largest absolute Gasteiger partial charge is 0.497 e. The summed E-state index contributed by atoms with van der Waals surface area (Å²) in [7, 11) is 1.57. The smallest absolute Gasteiger partial charge is 0.412 e. The number of rotatable bonds is 2. The van der Waals surface area contributed by atoms with Crippen molar-refractivity contribution in [1.29, 1.82) is 5.26 Å². The normalized spacial score (nSPS) is 15.0. The van der Waals surface area contributed by atoms with E-state index < -0.39 is 11.7 Å². The topological polar surface area (TPSA) is 71.3 Å². The summed E-state index contributed by atoms with van der Waals surface area (Å²) in [5.41, 5.74) is 3.23. The van der Waals surface area contributed by atoms with Gasteiger partial charge in [0.1, 0.15) is 11.4 Å². The summed E-state index contributed by atoms with van der Waals surface area (Å²) in [5, 5.41) is 11.9. The molecule has 23 heavy (non-hydrogen) atoms. The lowest BCUT2D eigenvalue weighted by molar-refractivity contribution is 0.0421. The van der Waals surface area contributed by atoms with Crippen LogP contribution in [0.2, 0.25) is 0 Å². The van der Waals surface area contributed by atoms with Gasteiger partial charge in [-0.1, -0.05) is 6.07 Å². The van der Waals surface area contributed by atoms with Crippen molar-refractivity contribution < 1.29 is 14.3 Å². The Balaban J connectivity index is 2.13. The monoisotopic (exact) mass is 308 g/mol. The maximum atomic E-state index is 11.6. The lowest BCUT2D eigenvalue weighted by atomic mass is 9.91. The third-order valence-corrected chi connectivity index (χ3v) is 3.86. The van der Waals surface area contributed by atoms with Gasteiger partial charge in [-0.25, -0.2) is 4.79 Å². The van der Waals surface area contributed by atoms with Crippen molar-refractivity contribution in [2.45, 2.75) is 19.4 Å². The second-order valence-corrected chi connectivity index (χ2v) is 5.85. The molecule has 0 aromatic heterocycles. The highest BCUT2D eigenvalue weighted by Gasteiger charge is 2.33. The number of benzene rings is 2. The predicted octanol–water partition coefficient (Wildman–Crippen LogP) is 4.03. The number of nitriles is 1. The number of hydrogen-bond acceptors (Lipinski definition) is 4. The molecular formula is C18H16N2O3. The second kappa shape index (κ2) is 5.33. The Hall–Kier alpha value is -3.00. The van der Waals surface area contributed by atoms with E-state index in [0.717, 1.165) is 22.4 Å². The van der Waals surface area contributed by atoms with Crippen LogP contribution in [-0.4, -0.2) is 13.2 Å². The van der Waals surface area contributed by atoms with Gasteiger partial charge in [-0.2, -0.15) is 5.26 Å². The number of hydrogen-bond donors (Lipinski definition) is 1. The summed E-state index contributed by atoms with van der Waals surface area (Å²) in [6, 6.07) is 13.2. The number of cyclic esters (lactones) is 1. The van der Waals surface area contributed by atoms with Crippen LogP contribution >= 0.6 is 0 Å². The number of ether oxygens (including phenoxy) is 2. The van der Waals surface area contributed by atoms with Crippen molar-refractivity contribution in [1.82, 2.24) is 0 Å². The van der Waals surface area contributed by atoms with Crippen molar-refractivity contribution >= 4 is 11.8 Å². The zero-order valence-corrected chi connectivity index (χ0v) is 13.1. The Kier molecular flexibility index (Phi) is 3.45. The Labute approximate surface area is 134 Å². The molecule has 1 amide bonds. The molecule has 2 aromatic carbocycles. The maximum Gasteiger partial charge on any atom is 0.412 e. The second-order valence-electron chi connectivity index (χ2n) is 5.85. The van der Waals surface area contributed by atoms with Crippen LogP contribution in [0.3, 0.4) is 0 Å². The summed E-state index contributed by atoms with van der Waals surface area (Å²) in [5.74, 6) is 0.626. The number of amides is 1. The van der Waals surface area contributed by atoms with Crippen molar-refractivity contribution in [2.24, 2.45) is 0 Å². The molecule has 0 bridgehead atoms. The van der Waals surface area contributed by atoms with Crippen molar-refractivity contribution in [3.05, 3.63) is 47.5 Å². The average molecular weight is 308 g/mol. The van der Waals surface area contributed by atoms with E-state index in [1.807, 2.05) is 38.1 Å². The predicted molar refractivity (Wildman–Crippen MR) is 86.3 cm³/mol. The Bertz CT molecular complexity index is 835. The van der Waals surface area contributed by atoms with E-state index in [1.54, 1.807) is 19.2 Å². The van der Waals surface area contributed by atoms with Crippen molar-refractivity contribution in [3.63, 3.8) is 0 Å². The highest BCUT2D eigenvalue weighted by atomic mass is 16.6. The van der Waals surface area contributed by atoms with Crippen LogP contribution in [0.5, 0.6) is 5.75 Å². The minimum atomic E-state index is -0.718. The minimum absolute atomic E-state index is 0.455. The molecule has 116 valence electrons. The average Bonchev–Trinajstić information content (AvgIpc) is 2.53. The van der Waals surface area contributed by atoms with Gasteiger partial charge in [0.25, 0.3) is 0 Å². The molecule has 1 heterocycles. The number of carbonyl (C=O) groups is 1. The first-order valence-corrected chi connectivity index (χ1v) is 7.17. The Morgan fingerprint density at radius 1 is 1.17 bits per heavy atom. The fraction of sp³-hybridized carbons (Fsp3) is 0.222. The highest BCUT2D eigenvalue weighted by Crippen LogP contribution is 2.38. The van der Waals surface area contributed by atoms with Gasteiger partial charge in [0.2, 0.25) is 0 Å². The standard InChI is InChI=1S/C18H16N2O3/c1-18(2)15-9-12(4-5-16(15)20-17(21)23-18)13-6-11(10-19)7-14(8-13)22-3/h4-9H,1-3H3,(H,20,21). The van der Waals surface area contributed by atoms with E-state index in [1.165, 1.54) is 0 Å². The van der Waals surface area contributed by atoms with Crippen LogP contribution in [0, 0.1) is 11.3 Å². The summed E-state index contributed by atoms with van der Waals surface area (Å²) in [6.45, 7) is 3.70. The Morgan fingerprint density at radius 2 is 1.96 bits per heavy atom. The zero-order chi connectivity index (χ0) is 16.6. The van der Waals surface area contributed by atoms with Crippen LogP contribution in [0.4, 0.5) is 10.5 Å². The van der Waals surface area contributed by atoms with Gasteiger partial charge in [0.05, 0.1) is 24.4 Å². The quantitative estimate of drug-likeness (QED) is 0.909. The number of methoxy groups -OCH3 is 1. The SMILES string of the molecule is COc1cc(C#N)cc(-c2ccc3c(c2)C(C)(C)OC(=O)N3)c1. The number of carbonyl (C=O) groups excluding carboxylic acids is 1. The van der Waals surface area contributed by atoms with E-state index in [9.17, 15) is 4.79 Å². The molecule has 0 spiro atoms. The highest BCUT2D eigenvalue weighted by molar-refractivity contribution is 5.89. The van der Waals surface area contributed by atoms with Crippen LogP contribution in [0.15, 0.2) is 36.4 Å². The molecule has 1 aliphatic heterocycles. The first-order valence-electron chi connectivity index (χ1n) is 7.17. The van der Waals surface area contributed by atoms with E-state index in [-0.39, 0.29) is 0 Å². The third-order valence-electron chi connectivity index (χ3n) is 3.86. The molecule has 0 saturated heterocycles. The van der Waals surface area contributed by atoms with E-state index in [2.05, 4.69) is 11.4 Å². The molecular weight excluding hydrogens is 292 g/mol. The summed E-state index contributed by atoms with van der Waals surface area (Å²) < 4.78 is 10.6. The van der Waals surface area contributed by atoms with Gasteiger partial charge in [-0.15, -0.1) is 0 Å². The van der Waals surface area contributed by atoms with E-state index in [4.69, 9.17) is 14.7 Å². The van der Waals surface area contributed by atoms with Gasteiger partial charge < -0.3 is 9.47 Å². The van der Waals surface area contributed by atoms with Gasteiger partial charge in [0.15, 0.2) is 0 Å². The molecule has 0 unspecified atom stereocenters. The minimum Gasteiger partial charge on any atom is -0.497 e. The van der Waals surface area contributed by atoms with Gasteiger partial charge in [-0.3, -0.25) is 5.32 Å². The molecule has 1 aliphatic rings. The van der Waals surface area contributed by atoms with Gasteiger partial charge in [-0.05, 0) is 55.3 Å². The number of nitrogens with zero attached hydrogens (tertiary/aromatic N) is 1. The molecule has 0 saturated carbocycles. The number of nitrogens with one attached hydrogen (secondary N) is 1. The zero-order valence-electron chi connectivity index (χ0n) is 13.1. The first-order chi connectivity index (χ1) is 10.9. The van der Waals surface area contributed by atoms with Crippen LogP contribution in [0.25, 0.3) is 11.1 Å². The lowest BCUT2D eigenvalue weighted by Crippen LogP contribution is -2.34. The van der Waals surface area contributed by atoms with E-state index in [0.29, 0.717) is 11.3 Å². The molecule has 1 N–H and O–H groups in total. The fourth-order valence-corrected chi connectivity index (χ4v) is 2.70. The molecule has 0 aliphatic carbocycles. The third kappa shape index (κ3) is 2.71. The Morgan fingerprint density at radius 3 is 2.65 bits per heavy atom. The van der Waals surface area contributed by atoms with Gasteiger partial charge >= 0.3 is 6.09 Å². The lowest BCUT2D eigenvalue weighted by Gasteiger charge is -2.32. The molecule has 5 heteroatoms. The first kappa shape index (κ1) is 14.9. The fourth-order valence-electron chi connectivity index (χ4n) is 2.70. The molecule has 0 atom stereocenters. The van der Waals surface area contributed by atoms with Crippen molar-refractivity contribution in [3.8, 4) is 22.9 Å². The van der Waals surface area contributed by atoms with Crippen LogP contribution in [-0.2, 0) is 10.3 Å². The maximum absolute atomic E-state index is 11.6. The molecule has 2 aromatic rings. The number of fused-ring (bicyclic) bond motifs is 1. The van der Waals surface area contributed by atoms with E-state index >= 15 is 0 Å². The van der Waals surface area contributed by atoms with Crippen LogP contribution in [0.1, 0.15) is 25.0 Å². The number of anilines is 1. The van der Waals surface area contributed by atoms with Crippen molar-refractivity contribution in [2.75, 3.05) is 12.4 Å². The molecule has 3 rings (SSSR count). The summed E-state index contributed by atoms with van der Waals surface area (Å²) in [4.78, 5) is 11.6. The van der Waals surface area contributed by atoms with Gasteiger partial charge in [0, 0.05) is 5.56 Å². The summed E-state index contributed by atoms with van der Waals surface area (Å²) >= 11 is 0. The molecule has 0 fully saturated rings. The molecule has 5 nitrogen and oxygen atoms in total.